The minimum Gasteiger partial charge on any atom is -0.475 e. The quantitative estimate of drug-likeness (QED) is 0.662. The number of hydrogen-bond acceptors (Lipinski definition) is 7. The van der Waals surface area contributed by atoms with Crippen LogP contribution in [0.1, 0.15) is 17.8 Å². The molecular weight excluding hydrogens is 403 g/mol. The number of nitrogens with one attached hydrogen (secondary N) is 1. The van der Waals surface area contributed by atoms with Gasteiger partial charge < -0.3 is 19.9 Å². The molecule has 28 heavy (non-hydrogen) atoms. The van der Waals surface area contributed by atoms with Crippen LogP contribution in [0.4, 0.5) is 13.2 Å². The van der Waals surface area contributed by atoms with E-state index >= 15 is 0 Å². The molecule has 8 nitrogen and oxygen atoms in total. The monoisotopic (exact) mass is 425 g/mol. The number of hydrogen-bond donors (Lipinski definition) is 2. The number of amides is 1. The number of carboxylic acid groups (broad SMARTS) is 1. The third-order valence-electron chi connectivity index (χ3n) is 4.36. The van der Waals surface area contributed by atoms with Crippen LogP contribution in [0.3, 0.4) is 0 Å². The number of rotatable bonds is 6. The molecule has 1 aromatic heterocycles. The van der Waals surface area contributed by atoms with Gasteiger partial charge in [0.25, 0.3) is 0 Å². The van der Waals surface area contributed by atoms with Crippen molar-refractivity contribution in [2.75, 3.05) is 26.8 Å². The second-order valence-corrected chi connectivity index (χ2v) is 7.22. The van der Waals surface area contributed by atoms with E-state index in [1.54, 1.807) is 18.4 Å². The SMILES string of the molecule is COCCNC(=O)[C@H]1C[C@H]2[C@H](CCN2Cc2nccs2)O1.O=C(O)C(F)(F)F. The molecule has 0 radical (unpaired) electrons. The summed E-state index contributed by atoms with van der Waals surface area (Å²) in [5.41, 5.74) is 0. The van der Waals surface area contributed by atoms with Gasteiger partial charge in [-0.2, -0.15) is 13.2 Å². The molecule has 3 atom stereocenters. The van der Waals surface area contributed by atoms with Gasteiger partial charge in [0.15, 0.2) is 0 Å². The number of methoxy groups -OCH3 is 1. The number of nitrogens with zero attached hydrogens (tertiary/aromatic N) is 2. The van der Waals surface area contributed by atoms with Crippen LogP contribution in [0, 0.1) is 0 Å². The summed E-state index contributed by atoms with van der Waals surface area (Å²) in [5.74, 6) is -2.77. The Balaban J connectivity index is 0.000000345. The summed E-state index contributed by atoms with van der Waals surface area (Å²) in [7, 11) is 1.62. The van der Waals surface area contributed by atoms with E-state index in [0.29, 0.717) is 19.2 Å². The molecule has 0 unspecified atom stereocenters. The molecule has 2 saturated heterocycles. The minimum atomic E-state index is -5.08. The fourth-order valence-electron chi connectivity index (χ4n) is 3.09. The molecule has 1 aromatic rings. The topological polar surface area (TPSA) is 101 Å². The molecule has 0 aromatic carbocycles. The fourth-order valence-corrected chi connectivity index (χ4v) is 3.73. The Hall–Kier alpha value is -1.76. The van der Waals surface area contributed by atoms with Crippen molar-refractivity contribution in [3.63, 3.8) is 0 Å². The van der Waals surface area contributed by atoms with Gasteiger partial charge in [0, 0.05) is 44.2 Å². The highest BCUT2D eigenvalue weighted by Gasteiger charge is 2.45. The number of thiazole rings is 1. The maximum atomic E-state index is 12.1. The van der Waals surface area contributed by atoms with Gasteiger partial charge >= 0.3 is 12.1 Å². The van der Waals surface area contributed by atoms with Crippen molar-refractivity contribution in [2.45, 2.75) is 43.8 Å². The number of carbonyl (C=O) groups is 2. The second kappa shape index (κ2) is 10.1. The summed E-state index contributed by atoms with van der Waals surface area (Å²) < 4.78 is 42.6. The average Bonchev–Trinajstić information content (AvgIpc) is 3.34. The van der Waals surface area contributed by atoms with E-state index in [4.69, 9.17) is 19.4 Å². The smallest absolute Gasteiger partial charge is 0.475 e. The lowest BCUT2D eigenvalue weighted by molar-refractivity contribution is -0.192. The van der Waals surface area contributed by atoms with E-state index in [1.165, 1.54) is 0 Å². The first kappa shape index (κ1) is 22.5. The molecule has 2 fully saturated rings. The number of aromatic nitrogens is 1. The zero-order valence-corrected chi connectivity index (χ0v) is 16.0. The Morgan fingerprint density at radius 2 is 2.21 bits per heavy atom. The van der Waals surface area contributed by atoms with Crippen LogP contribution in [0.25, 0.3) is 0 Å². The molecule has 3 heterocycles. The maximum Gasteiger partial charge on any atom is 0.490 e. The third-order valence-corrected chi connectivity index (χ3v) is 5.12. The zero-order valence-electron chi connectivity index (χ0n) is 15.1. The number of likely N-dealkylation sites (tertiary alicyclic amines) is 1. The fraction of sp³-hybridized carbons (Fsp3) is 0.688. The highest BCUT2D eigenvalue weighted by molar-refractivity contribution is 7.09. The molecule has 158 valence electrons. The first-order valence-electron chi connectivity index (χ1n) is 8.57. The van der Waals surface area contributed by atoms with E-state index in [-0.39, 0.29) is 18.1 Å². The molecule has 0 bridgehead atoms. The summed E-state index contributed by atoms with van der Waals surface area (Å²) >= 11 is 1.68. The lowest BCUT2D eigenvalue weighted by Crippen LogP contribution is -2.37. The number of ether oxygens (including phenoxy) is 2. The molecule has 2 aliphatic rings. The van der Waals surface area contributed by atoms with E-state index in [0.717, 1.165) is 30.9 Å². The first-order chi connectivity index (χ1) is 13.2. The highest BCUT2D eigenvalue weighted by atomic mass is 32.1. The predicted octanol–water partition coefficient (Wildman–Crippen LogP) is 1.27. The normalized spacial score (nSPS) is 24.4. The molecule has 0 spiro atoms. The first-order valence-corrected chi connectivity index (χ1v) is 9.45. The molecule has 1 amide bonds. The van der Waals surface area contributed by atoms with Crippen LogP contribution < -0.4 is 5.32 Å². The molecule has 3 rings (SSSR count). The standard InChI is InChI=1S/C14H21N3O3S.C2HF3O2/c1-19-6-3-16-14(18)12-8-10-11(20-12)2-5-17(10)9-13-15-4-7-21-13;3-2(4,5)1(6)7/h4,7,10-12H,2-3,5-6,8-9H2,1H3,(H,16,18);(H,6,7)/t10-,11-,12+;/m0./s1. The Morgan fingerprint density at radius 1 is 1.50 bits per heavy atom. The summed E-state index contributed by atoms with van der Waals surface area (Å²) in [6.07, 6.45) is -1.61. The van der Waals surface area contributed by atoms with Gasteiger partial charge in [-0.25, -0.2) is 9.78 Å². The van der Waals surface area contributed by atoms with E-state index in [2.05, 4.69) is 15.2 Å². The van der Waals surface area contributed by atoms with Crippen LogP contribution in [-0.4, -0.2) is 78.1 Å². The molecule has 2 aliphatic heterocycles. The number of halogens is 3. The lowest BCUT2D eigenvalue weighted by Gasteiger charge is -2.21. The molecular formula is C16H22F3N3O5S. The van der Waals surface area contributed by atoms with Gasteiger partial charge in [0.1, 0.15) is 11.1 Å². The van der Waals surface area contributed by atoms with Crippen LogP contribution in [0.15, 0.2) is 11.6 Å². The van der Waals surface area contributed by atoms with Crippen molar-refractivity contribution >= 4 is 23.2 Å². The molecule has 12 heteroatoms. The Kier molecular flexibility index (Phi) is 8.16. The third kappa shape index (κ3) is 6.40. The van der Waals surface area contributed by atoms with Gasteiger partial charge in [-0.3, -0.25) is 9.69 Å². The Morgan fingerprint density at radius 3 is 2.79 bits per heavy atom. The highest BCUT2D eigenvalue weighted by Crippen LogP contribution is 2.34. The van der Waals surface area contributed by atoms with Crippen molar-refractivity contribution in [2.24, 2.45) is 0 Å². The largest absolute Gasteiger partial charge is 0.490 e. The number of alkyl halides is 3. The zero-order chi connectivity index (χ0) is 20.7. The van der Waals surface area contributed by atoms with Crippen LogP contribution in [-0.2, 0) is 25.6 Å². The van der Waals surface area contributed by atoms with E-state index in [1.807, 2.05) is 11.6 Å². The number of aliphatic carboxylic acids is 1. The lowest BCUT2D eigenvalue weighted by atomic mass is 10.1. The summed E-state index contributed by atoms with van der Waals surface area (Å²) in [6.45, 7) is 2.95. The molecule has 0 aliphatic carbocycles. The van der Waals surface area contributed by atoms with Crippen molar-refractivity contribution in [3.8, 4) is 0 Å². The van der Waals surface area contributed by atoms with Crippen LogP contribution in [0.5, 0.6) is 0 Å². The number of fused-ring (bicyclic) bond motifs is 1. The van der Waals surface area contributed by atoms with Crippen molar-refractivity contribution in [1.29, 1.82) is 0 Å². The summed E-state index contributed by atoms with van der Waals surface area (Å²) in [6, 6.07) is 0.340. The molecule has 2 N–H and O–H groups in total. The van der Waals surface area contributed by atoms with Crippen LogP contribution >= 0.6 is 11.3 Å². The van der Waals surface area contributed by atoms with Crippen LogP contribution in [0.2, 0.25) is 0 Å². The number of carbonyl (C=O) groups excluding carboxylic acids is 1. The van der Waals surface area contributed by atoms with E-state index < -0.39 is 12.1 Å². The van der Waals surface area contributed by atoms with Gasteiger partial charge in [-0.1, -0.05) is 0 Å². The van der Waals surface area contributed by atoms with Gasteiger partial charge in [-0.05, 0) is 6.42 Å². The van der Waals surface area contributed by atoms with Gasteiger partial charge in [-0.15, -0.1) is 11.3 Å². The van der Waals surface area contributed by atoms with Gasteiger partial charge in [0.05, 0.1) is 19.3 Å². The average molecular weight is 425 g/mol. The maximum absolute atomic E-state index is 12.1. The number of carboxylic acids is 1. The Bertz CT molecular complexity index is 644. The summed E-state index contributed by atoms with van der Waals surface area (Å²) in [4.78, 5) is 27.7. The molecule has 0 saturated carbocycles. The van der Waals surface area contributed by atoms with E-state index in [9.17, 15) is 18.0 Å². The van der Waals surface area contributed by atoms with Crippen molar-refractivity contribution in [1.82, 2.24) is 15.2 Å². The predicted molar refractivity (Wildman–Crippen MR) is 92.8 cm³/mol. The summed E-state index contributed by atoms with van der Waals surface area (Å²) in [5, 5.41) is 13.1. The van der Waals surface area contributed by atoms with Crippen molar-refractivity contribution in [3.05, 3.63) is 16.6 Å². The second-order valence-electron chi connectivity index (χ2n) is 6.24. The minimum absolute atomic E-state index is 0.0179. The van der Waals surface area contributed by atoms with Crippen molar-refractivity contribution < 1.29 is 37.3 Å². The Labute approximate surface area is 163 Å². The van der Waals surface area contributed by atoms with Gasteiger partial charge in [0.2, 0.25) is 5.91 Å².